The van der Waals surface area contributed by atoms with E-state index < -0.39 is 0 Å². The molecule has 1 aliphatic rings. The van der Waals surface area contributed by atoms with Crippen LogP contribution in [0.15, 0.2) is 54.6 Å². The van der Waals surface area contributed by atoms with Gasteiger partial charge < -0.3 is 10.2 Å². The van der Waals surface area contributed by atoms with Gasteiger partial charge in [0.2, 0.25) is 5.91 Å². The van der Waals surface area contributed by atoms with E-state index >= 15 is 0 Å². The van der Waals surface area contributed by atoms with E-state index in [9.17, 15) is 9.59 Å². The Balaban J connectivity index is 1.52. The first-order chi connectivity index (χ1) is 11.7. The predicted octanol–water partition coefficient (Wildman–Crippen LogP) is 3.18. The highest BCUT2D eigenvalue weighted by Gasteiger charge is 2.22. The molecule has 0 radical (unpaired) electrons. The number of nitrogens with one attached hydrogen (secondary N) is 1. The summed E-state index contributed by atoms with van der Waals surface area (Å²) >= 11 is 0. The number of amides is 2. The molecule has 1 fully saturated rings. The van der Waals surface area contributed by atoms with E-state index in [1.165, 1.54) is 5.56 Å². The van der Waals surface area contributed by atoms with E-state index in [-0.39, 0.29) is 11.8 Å². The average Bonchev–Trinajstić information content (AvgIpc) is 3.05. The van der Waals surface area contributed by atoms with Gasteiger partial charge in [-0.25, -0.2) is 0 Å². The molecule has 1 N–H and O–H groups in total. The van der Waals surface area contributed by atoms with Crippen LogP contribution < -0.4 is 10.2 Å². The molecule has 0 bridgehead atoms. The first kappa shape index (κ1) is 16.2. The molecule has 4 heteroatoms. The minimum absolute atomic E-state index is 0.0865. The molecular formula is C20H22N2O2. The highest BCUT2D eigenvalue weighted by atomic mass is 16.2. The van der Waals surface area contributed by atoms with Crippen LogP contribution >= 0.6 is 0 Å². The van der Waals surface area contributed by atoms with Crippen LogP contribution in [0.2, 0.25) is 0 Å². The van der Waals surface area contributed by atoms with Crippen molar-refractivity contribution in [2.45, 2.75) is 25.7 Å². The number of rotatable bonds is 6. The largest absolute Gasteiger partial charge is 0.352 e. The van der Waals surface area contributed by atoms with Crippen molar-refractivity contribution in [1.82, 2.24) is 5.32 Å². The molecule has 0 saturated carbocycles. The smallest absolute Gasteiger partial charge is 0.251 e. The third-order valence-electron chi connectivity index (χ3n) is 4.26. The van der Waals surface area contributed by atoms with Gasteiger partial charge in [-0.3, -0.25) is 9.59 Å². The molecule has 0 unspecified atom stereocenters. The zero-order valence-corrected chi connectivity index (χ0v) is 13.7. The summed E-state index contributed by atoms with van der Waals surface area (Å²) in [4.78, 5) is 25.9. The maximum absolute atomic E-state index is 12.3. The number of anilines is 1. The Kier molecular flexibility index (Phi) is 5.26. The normalized spacial score (nSPS) is 14.0. The van der Waals surface area contributed by atoms with Crippen molar-refractivity contribution in [3.05, 3.63) is 65.7 Å². The summed E-state index contributed by atoms with van der Waals surface area (Å²) in [5.74, 6) is 0.0481. The Hall–Kier alpha value is -2.62. The summed E-state index contributed by atoms with van der Waals surface area (Å²) in [7, 11) is 0. The highest BCUT2D eigenvalue weighted by Crippen LogP contribution is 2.22. The number of hydrogen-bond acceptors (Lipinski definition) is 2. The lowest BCUT2D eigenvalue weighted by Gasteiger charge is -2.16. The fraction of sp³-hybridized carbons (Fsp3) is 0.300. The Bertz CT molecular complexity index is 713. The first-order valence-corrected chi connectivity index (χ1v) is 8.46. The molecule has 2 amide bonds. The van der Waals surface area contributed by atoms with Gasteiger partial charge in [-0.2, -0.15) is 0 Å². The molecule has 0 spiro atoms. The fourth-order valence-electron chi connectivity index (χ4n) is 2.98. The van der Waals surface area contributed by atoms with Crippen LogP contribution in [0.4, 0.5) is 5.69 Å². The van der Waals surface area contributed by atoms with E-state index in [0.717, 1.165) is 31.5 Å². The van der Waals surface area contributed by atoms with Crippen LogP contribution in [0.25, 0.3) is 0 Å². The van der Waals surface area contributed by atoms with Crippen molar-refractivity contribution < 1.29 is 9.59 Å². The average molecular weight is 322 g/mol. The molecule has 124 valence electrons. The Morgan fingerprint density at radius 1 is 1.08 bits per heavy atom. The lowest BCUT2D eigenvalue weighted by atomic mass is 10.1. The minimum atomic E-state index is -0.0865. The van der Waals surface area contributed by atoms with Gasteiger partial charge in [0.05, 0.1) is 0 Å². The van der Waals surface area contributed by atoms with E-state index in [4.69, 9.17) is 0 Å². The van der Waals surface area contributed by atoms with Gasteiger partial charge in [-0.05, 0) is 43.0 Å². The van der Waals surface area contributed by atoms with Gasteiger partial charge in [-0.15, -0.1) is 0 Å². The Labute approximate surface area is 142 Å². The molecule has 3 rings (SSSR count). The van der Waals surface area contributed by atoms with Gasteiger partial charge in [0.1, 0.15) is 0 Å². The van der Waals surface area contributed by atoms with E-state index in [1.54, 1.807) is 17.0 Å². The van der Waals surface area contributed by atoms with Gasteiger partial charge in [-0.1, -0.05) is 36.4 Å². The van der Waals surface area contributed by atoms with Crippen molar-refractivity contribution in [3.63, 3.8) is 0 Å². The van der Waals surface area contributed by atoms with E-state index in [0.29, 0.717) is 18.5 Å². The number of hydrogen-bond donors (Lipinski definition) is 1. The summed E-state index contributed by atoms with van der Waals surface area (Å²) in [6, 6.07) is 17.6. The molecular weight excluding hydrogens is 300 g/mol. The van der Waals surface area contributed by atoms with Crippen LogP contribution in [-0.4, -0.2) is 24.9 Å². The van der Waals surface area contributed by atoms with E-state index in [2.05, 4.69) is 17.4 Å². The highest BCUT2D eigenvalue weighted by molar-refractivity contribution is 5.99. The quantitative estimate of drug-likeness (QED) is 0.831. The van der Waals surface area contributed by atoms with Crippen LogP contribution in [0.1, 0.15) is 35.2 Å². The van der Waals surface area contributed by atoms with Crippen LogP contribution in [0, 0.1) is 0 Å². The molecule has 4 nitrogen and oxygen atoms in total. The SMILES string of the molecule is O=C(NCCCc1ccccc1)c1cccc(N2CCCC2=O)c1. The number of nitrogens with zero attached hydrogens (tertiary/aromatic N) is 1. The molecule has 1 saturated heterocycles. The number of carbonyl (C=O) groups is 2. The fourth-order valence-corrected chi connectivity index (χ4v) is 2.98. The maximum Gasteiger partial charge on any atom is 0.251 e. The minimum Gasteiger partial charge on any atom is -0.352 e. The number of carbonyl (C=O) groups excluding carboxylic acids is 2. The topological polar surface area (TPSA) is 49.4 Å². The summed E-state index contributed by atoms with van der Waals surface area (Å²) in [6.45, 7) is 1.38. The third-order valence-corrected chi connectivity index (χ3v) is 4.26. The summed E-state index contributed by atoms with van der Waals surface area (Å²) < 4.78 is 0. The standard InChI is InChI=1S/C20H22N2O2/c23-19-12-6-14-22(19)18-11-4-10-17(15-18)20(24)21-13-5-9-16-7-2-1-3-8-16/h1-4,7-8,10-11,15H,5-6,9,12-14H2,(H,21,24). The molecule has 0 aromatic heterocycles. The summed E-state index contributed by atoms with van der Waals surface area (Å²) in [5, 5.41) is 2.96. The zero-order valence-electron chi connectivity index (χ0n) is 13.7. The number of benzene rings is 2. The van der Waals surface area contributed by atoms with Gasteiger partial charge >= 0.3 is 0 Å². The molecule has 2 aromatic rings. The number of aryl methyl sites for hydroxylation is 1. The van der Waals surface area contributed by atoms with Gasteiger partial charge in [0, 0.05) is 30.8 Å². The lowest BCUT2D eigenvalue weighted by Crippen LogP contribution is -2.26. The second-order valence-corrected chi connectivity index (χ2v) is 6.04. The molecule has 24 heavy (non-hydrogen) atoms. The van der Waals surface area contributed by atoms with Crippen molar-refractivity contribution in [2.75, 3.05) is 18.0 Å². The summed E-state index contributed by atoms with van der Waals surface area (Å²) in [6.07, 6.45) is 3.33. The molecule has 1 heterocycles. The monoisotopic (exact) mass is 322 g/mol. The Morgan fingerprint density at radius 2 is 1.92 bits per heavy atom. The van der Waals surface area contributed by atoms with Crippen molar-refractivity contribution in [1.29, 1.82) is 0 Å². The van der Waals surface area contributed by atoms with Crippen molar-refractivity contribution in [2.24, 2.45) is 0 Å². The van der Waals surface area contributed by atoms with Crippen molar-refractivity contribution >= 4 is 17.5 Å². The lowest BCUT2D eigenvalue weighted by molar-refractivity contribution is -0.117. The van der Waals surface area contributed by atoms with E-state index in [1.807, 2.05) is 30.3 Å². The van der Waals surface area contributed by atoms with Crippen molar-refractivity contribution in [3.8, 4) is 0 Å². The van der Waals surface area contributed by atoms with Crippen LogP contribution in [0.5, 0.6) is 0 Å². The second-order valence-electron chi connectivity index (χ2n) is 6.04. The molecule has 0 aliphatic carbocycles. The first-order valence-electron chi connectivity index (χ1n) is 8.46. The van der Waals surface area contributed by atoms with Crippen LogP contribution in [-0.2, 0) is 11.2 Å². The summed E-state index contributed by atoms with van der Waals surface area (Å²) in [5.41, 5.74) is 2.70. The maximum atomic E-state index is 12.3. The predicted molar refractivity (Wildman–Crippen MR) is 95.1 cm³/mol. The second kappa shape index (κ2) is 7.77. The molecule has 2 aromatic carbocycles. The van der Waals surface area contributed by atoms with Gasteiger partial charge in [0.15, 0.2) is 0 Å². The molecule has 1 aliphatic heterocycles. The molecule has 0 atom stereocenters. The zero-order chi connectivity index (χ0) is 16.8. The Morgan fingerprint density at radius 3 is 2.67 bits per heavy atom. The van der Waals surface area contributed by atoms with Gasteiger partial charge in [0.25, 0.3) is 5.91 Å². The van der Waals surface area contributed by atoms with Crippen LogP contribution in [0.3, 0.4) is 0 Å². The third kappa shape index (κ3) is 4.02.